The van der Waals surface area contributed by atoms with Gasteiger partial charge in [-0.15, -0.1) is 0 Å². The van der Waals surface area contributed by atoms with Gasteiger partial charge in [0.05, 0.1) is 6.54 Å². The van der Waals surface area contributed by atoms with Gasteiger partial charge in [-0.3, -0.25) is 9.69 Å². The lowest BCUT2D eigenvalue weighted by atomic mass is 10.3. The van der Waals surface area contributed by atoms with Crippen molar-refractivity contribution in [2.45, 2.75) is 13.3 Å². The topological polar surface area (TPSA) is 44.4 Å². The van der Waals surface area contributed by atoms with Crippen molar-refractivity contribution in [1.29, 1.82) is 0 Å². The first kappa shape index (κ1) is 12.2. The van der Waals surface area contributed by atoms with E-state index in [9.17, 15) is 4.79 Å². The number of amides is 1. The van der Waals surface area contributed by atoms with E-state index in [0.717, 1.165) is 39.1 Å². The Labute approximate surface area is 91.7 Å². The molecule has 1 saturated heterocycles. The normalized spacial score (nSPS) is 18.2. The van der Waals surface area contributed by atoms with Crippen LogP contribution >= 0.6 is 0 Å². The van der Waals surface area contributed by atoms with E-state index in [-0.39, 0.29) is 5.91 Å². The highest BCUT2D eigenvalue weighted by molar-refractivity contribution is 5.77. The molecule has 1 fully saturated rings. The Hall–Kier alpha value is -0.870. The average molecular weight is 211 g/mol. The third-order valence-corrected chi connectivity index (χ3v) is 2.45. The van der Waals surface area contributed by atoms with Crippen LogP contribution in [0.4, 0.5) is 0 Å². The minimum Gasteiger partial charge on any atom is -0.355 e. The molecule has 0 aliphatic carbocycles. The van der Waals surface area contributed by atoms with Gasteiger partial charge < -0.3 is 10.6 Å². The van der Waals surface area contributed by atoms with Crippen molar-refractivity contribution >= 4 is 5.91 Å². The standard InChI is InChI=1S/C11H21N3O/c1-2-3-4-5-13-11(15)10-14-8-6-12-7-9-14/h2-3,12H,4-10H2,1H3,(H,13,15)/b3-2+. The molecule has 1 aliphatic heterocycles. The van der Waals surface area contributed by atoms with Gasteiger partial charge in [-0.2, -0.15) is 0 Å². The number of nitrogens with zero attached hydrogens (tertiary/aromatic N) is 1. The molecule has 0 unspecified atom stereocenters. The van der Waals surface area contributed by atoms with Gasteiger partial charge in [0.1, 0.15) is 0 Å². The first-order valence-corrected chi connectivity index (χ1v) is 5.64. The molecule has 4 nitrogen and oxygen atoms in total. The van der Waals surface area contributed by atoms with Crippen LogP contribution in [0.1, 0.15) is 13.3 Å². The molecule has 0 aromatic rings. The fraction of sp³-hybridized carbons (Fsp3) is 0.727. The molecule has 0 atom stereocenters. The molecular formula is C11H21N3O. The van der Waals surface area contributed by atoms with Crippen molar-refractivity contribution in [1.82, 2.24) is 15.5 Å². The van der Waals surface area contributed by atoms with Crippen molar-refractivity contribution in [3.05, 3.63) is 12.2 Å². The number of piperazine rings is 1. The predicted molar refractivity (Wildman–Crippen MR) is 61.8 cm³/mol. The van der Waals surface area contributed by atoms with E-state index >= 15 is 0 Å². The largest absolute Gasteiger partial charge is 0.355 e. The number of carbonyl (C=O) groups is 1. The van der Waals surface area contributed by atoms with Crippen molar-refractivity contribution < 1.29 is 4.79 Å². The molecule has 0 aromatic heterocycles. The molecule has 0 radical (unpaired) electrons. The molecule has 1 rings (SSSR count). The number of carbonyl (C=O) groups excluding carboxylic acids is 1. The number of hydrogen-bond acceptors (Lipinski definition) is 3. The van der Waals surface area contributed by atoms with Crippen LogP contribution in [-0.2, 0) is 4.79 Å². The Morgan fingerprint density at radius 1 is 1.47 bits per heavy atom. The molecule has 1 aliphatic rings. The Morgan fingerprint density at radius 3 is 2.87 bits per heavy atom. The van der Waals surface area contributed by atoms with Gasteiger partial charge in [-0.05, 0) is 13.3 Å². The Kier molecular flexibility index (Phi) is 6.04. The molecule has 0 aromatic carbocycles. The molecule has 15 heavy (non-hydrogen) atoms. The van der Waals surface area contributed by atoms with E-state index in [2.05, 4.69) is 21.6 Å². The van der Waals surface area contributed by atoms with Crippen molar-refractivity contribution in [3.63, 3.8) is 0 Å². The van der Waals surface area contributed by atoms with Crippen LogP contribution in [-0.4, -0.2) is 50.1 Å². The van der Waals surface area contributed by atoms with Gasteiger partial charge in [0.15, 0.2) is 0 Å². The number of allylic oxidation sites excluding steroid dienone is 1. The second-order valence-electron chi connectivity index (χ2n) is 3.73. The van der Waals surface area contributed by atoms with E-state index in [1.807, 2.05) is 13.0 Å². The summed E-state index contributed by atoms with van der Waals surface area (Å²) in [7, 11) is 0. The molecule has 4 heteroatoms. The van der Waals surface area contributed by atoms with E-state index in [1.165, 1.54) is 0 Å². The van der Waals surface area contributed by atoms with E-state index in [1.54, 1.807) is 0 Å². The highest BCUT2D eigenvalue weighted by Gasteiger charge is 2.12. The zero-order valence-corrected chi connectivity index (χ0v) is 9.46. The summed E-state index contributed by atoms with van der Waals surface area (Å²) in [6.45, 7) is 7.21. The van der Waals surface area contributed by atoms with Crippen LogP contribution in [0.3, 0.4) is 0 Å². The van der Waals surface area contributed by atoms with Crippen LogP contribution in [0.15, 0.2) is 12.2 Å². The van der Waals surface area contributed by atoms with Gasteiger partial charge in [-0.1, -0.05) is 12.2 Å². The SMILES string of the molecule is C/C=C/CCNC(=O)CN1CCNCC1. The minimum absolute atomic E-state index is 0.140. The second-order valence-corrected chi connectivity index (χ2v) is 3.73. The number of rotatable bonds is 5. The zero-order valence-electron chi connectivity index (χ0n) is 9.46. The monoisotopic (exact) mass is 211 g/mol. The van der Waals surface area contributed by atoms with Crippen molar-refractivity contribution in [2.75, 3.05) is 39.3 Å². The third kappa shape index (κ3) is 5.54. The summed E-state index contributed by atoms with van der Waals surface area (Å²) in [5.41, 5.74) is 0. The summed E-state index contributed by atoms with van der Waals surface area (Å²) in [6.07, 6.45) is 4.98. The van der Waals surface area contributed by atoms with E-state index < -0.39 is 0 Å². The van der Waals surface area contributed by atoms with Crippen molar-refractivity contribution in [2.24, 2.45) is 0 Å². The number of hydrogen-bond donors (Lipinski definition) is 2. The van der Waals surface area contributed by atoms with Crippen LogP contribution < -0.4 is 10.6 Å². The second kappa shape index (κ2) is 7.43. The van der Waals surface area contributed by atoms with Gasteiger partial charge in [0, 0.05) is 32.7 Å². The summed E-state index contributed by atoms with van der Waals surface area (Å²) in [6, 6.07) is 0. The lowest BCUT2D eigenvalue weighted by molar-refractivity contribution is -0.122. The highest BCUT2D eigenvalue weighted by Crippen LogP contribution is 1.91. The molecule has 0 bridgehead atoms. The first-order valence-electron chi connectivity index (χ1n) is 5.64. The van der Waals surface area contributed by atoms with Gasteiger partial charge in [0.2, 0.25) is 5.91 Å². The quantitative estimate of drug-likeness (QED) is 0.496. The van der Waals surface area contributed by atoms with Gasteiger partial charge >= 0.3 is 0 Å². The summed E-state index contributed by atoms with van der Waals surface area (Å²) in [5, 5.41) is 6.18. The third-order valence-electron chi connectivity index (χ3n) is 2.45. The molecule has 86 valence electrons. The molecular weight excluding hydrogens is 190 g/mol. The average Bonchev–Trinajstić information content (AvgIpc) is 2.26. The lowest BCUT2D eigenvalue weighted by Crippen LogP contribution is -2.47. The predicted octanol–water partition coefficient (Wildman–Crippen LogP) is -0.0260. The molecule has 1 amide bonds. The maximum atomic E-state index is 11.5. The van der Waals surface area contributed by atoms with Gasteiger partial charge in [0.25, 0.3) is 0 Å². The lowest BCUT2D eigenvalue weighted by Gasteiger charge is -2.26. The van der Waals surface area contributed by atoms with E-state index in [0.29, 0.717) is 6.54 Å². The van der Waals surface area contributed by atoms with E-state index in [4.69, 9.17) is 0 Å². The molecule has 0 saturated carbocycles. The Bertz CT molecular complexity index is 210. The summed E-state index contributed by atoms with van der Waals surface area (Å²) in [5.74, 6) is 0.140. The Morgan fingerprint density at radius 2 is 2.20 bits per heavy atom. The molecule has 0 spiro atoms. The van der Waals surface area contributed by atoms with Crippen LogP contribution in [0, 0.1) is 0 Å². The van der Waals surface area contributed by atoms with Gasteiger partial charge in [-0.25, -0.2) is 0 Å². The summed E-state index contributed by atoms with van der Waals surface area (Å²) in [4.78, 5) is 13.7. The highest BCUT2D eigenvalue weighted by atomic mass is 16.2. The van der Waals surface area contributed by atoms with Crippen molar-refractivity contribution in [3.8, 4) is 0 Å². The summed E-state index contributed by atoms with van der Waals surface area (Å²) < 4.78 is 0. The number of nitrogens with one attached hydrogen (secondary N) is 2. The summed E-state index contributed by atoms with van der Waals surface area (Å²) >= 11 is 0. The van der Waals surface area contributed by atoms with Crippen LogP contribution in [0.2, 0.25) is 0 Å². The fourth-order valence-electron chi connectivity index (χ4n) is 1.59. The minimum atomic E-state index is 0.140. The Balaban J connectivity index is 2.06. The van der Waals surface area contributed by atoms with Crippen LogP contribution in [0.5, 0.6) is 0 Å². The smallest absolute Gasteiger partial charge is 0.234 e. The van der Waals surface area contributed by atoms with Crippen LogP contribution in [0.25, 0.3) is 0 Å². The zero-order chi connectivity index (χ0) is 10.9. The fourth-order valence-corrected chi connectivity index (χ4v) is 1.59. The first-order chi connectivity index (χ1) is 7.33. The molecule has 2 N–H and O–H groups in total. The molecule has 1 heterocycles. The maximum absolute atomic E-state index is 11.5. The maximum Gasteiger partial charge on any atom is 0.234 e.